The Hall–Kier alpha value is -3.50. The standard InChI is InChI=1S/C22H18IN5O2/c1-3-30-21-18(23)10-14(11-19(21)29-2)9-15(12-24)20-17(13-25)22(26)28(27-20)16-7-5-4-6-8-16/h4-11H,3,26H2,1-2H3/b15-9+. The molecule has 0 radical (unpaired) electrons. The molecule has 1 heterocycles. The van der Waals surface area contributed by atoms with Gasteiger partial charge in [0.1, 0.15) is 29.2 Å². The Labute approximate surface area is 188 Å². The Morgan fingerprint density at radius 1 is 1.27 bits per heavy atom. The summed E-state index contributed by atoms with van der Waals surface area (Å²) in [5, 5.41) is 23.9. The number of benzene rings is 2. The summed E-state index contributed by atoms with van der Waals surface area (Å²) in [6.45, 7) is 2.40. The minimum Gasteiger partial charge on any atom is -0.493 e. The molecule has 0 spiro atoms. The van der Waals surface area contributed by atoms with E-state index in [1.54, 1.807) is 19.3 Å². The van der Waals surface area contributed by atoms with E-state index in [0.717, 1.165) is 3.57 Å². The number of hydrogen-bond donors (Lipinski definition) is 1. The summed E-state index contributed by atoms with van der Waals surface area (Å²) < 4.78 is 13.4. The number of nitrogens with zero attached hydrogens (tertiary/aromatic N) is 4. The number of para-hydroxylation sites is 1. The topological polar surface area (TPSA) is 110 Å². The van der Waals surface area contributed by atoms with E-state index in [1.165, 1.54) is 4.68 Å². The largest absolute Gasteiger partial charge is 0.493 e. The Balaban J connectivity index is 2.14. The molecule has 0 aliphatic carbocycles. The molecule has 8 heteroatoms. The molecule has 0 saturated carbocycles. The third kappa shape index (κ3) is 4.09. The van der Waals surface area contributed by atoms with Crippen molar-refractivity contribution in [2.75, 3.05) is 19.5 Å². The SMILES string of the molecule is CCOc1c(I)cc(/C=C(\C#N)c2nn(-c3ccccc3)c(N)c2C#N)cc1OC. The van der Waals surface area contributed by atoms with E-state index in [4.69, 9.17) is 15.2 Å². The summed E-state index contributed by atoms with van der Waals surface area (Å²) in [6.07, 6.45) is 1.65. The minimum absolute atomic E-state index is 0.152. The molecule has 0 fully saturated rings. The van der Waals surface area contributed by atoms with Crippen molar-refractivity contribution in [1.82, 2.24) is 9.78 Å². The molecule has 0 aliphatic heterocycles. The number of nitrogens with two attached hydrogens (primary N) is 1. The van der Waals surface area contributed by atoms with Crippen molar-refractivity contribution in [3.8, 4) is 29.3 Å². The molecular weight excluding hydrogens is 493 g/mol. The number of allylic oxidation sites excluding steroid dienone is 1. The Kier molecular flexibility index (Phi) is 6.60. The zero-order valence-electron chi connectivity index (χ0n) is 16.4. The van der Waals surface area contributed by atoms with E-state index in [0.29, 0.717) is 29.4 Å². The number of ether oxygens (including phenoxy) is 2. The lowest BCUT2D eigenvalue weighted by atomic mass is 10.1. The highest BCUT2D eigenvalue weighted by molar-refractivity contribution is 14.1. The van der Waals surface area contributed by atoms with E-state index < -0.39 is 0 Å². The number of nitriles is 2. The number of anilines is 1. The fourth-order valence-corrected chi connectivity index (χ4v) is 3.70. The van der Waals surface area contributed by atoms with Gasteiger partial charge in [-0.15, -0.1) is 0 Å². The number of halogens is 1. The monoisotopic (exact) mass is 511 g/mol. The van der Waals surface area contributed by atoms with Crippen molar-refractivity contribution in [1.29, 1.82) is 10.5 Å². The zero-order chi connectivity index (χ0) is 21.7. The van der Waals surface area contributed by atoms with E-state index in [-0.39, 0.29) is 22.6 Å². The van der Waals surface area contributed by atoms with Crippen LogP contribution in [0.5, 0.6) is 11.5 Å². The lowest BCUT2D eigenvalue weighted by Crippen LogP contribution is -2.02. The van der Waals surface area contributed by atoms with Crippen LogP contribution >= 0.6 is 22.6 Å². The molecule has 3 aromatic rings. The molecule has 1 aromatic heterocycles. The number of methoxy groups -OCH3 is 1. The van der Waals surface area contributed by atoms with Crippen LogP contribution < -0.4 is 15.2 Å². The van der Waals surface area contributed by atoms with Gasteiger partial charge < -0.3 is 15.2 Å². The van der Waals surface area contributed by atoms with Crippen molar-refractivity contribution in [2.24, 2.45) is 0 Å². The Bertz CT molecular complexity index is 1190. The van der Waals surface area contributed by atoms with Gasteiger partial charge in [-0.1, -0.05) is 18.2 Å². The third-order valence-electron chi connectivity index (χ3n) is 4.26. The van der Waals surface area contributed by atoms with Crippen LogP contribution in [-0.4, -0.2) is 23.5 Å². The second kappa shape index (κ2) is 9.33. The maximum atomic E-state index is 9.79. The van der Waals surface area contributed by atoms with Crippen LogP contribution in [0.4, 0.5) is 5.82 Å². The summed E-state index contributed by atoms with van der Waals surface area (Å²) in [5.41, 5.74) is 8.17. The number of nitrogen functional groups attached to an aromatic ring is 1. The number of hydrogen-bond acceptors (Lipinski definition) is 6. The first-order chi connectivity index (χ1) is 14.5. The summed E-state index contributed by atoms with van der Waals surface area (Å²) in [5.74, 6) is 1.38. The maximum Gasteiger partial charge on any atom is 0.174 e. The lowest BCUT2D eigenvalue weighted by molar-refractivity contribution is 0.308. The van der Waals surface area contributed by atoms with Gasteiger partial charge in [-0.25, -0.2) is 4.68 Å². The zero-order valence-corrected chi connectivity index (χ0v) is 18.5. The van der Waals surface area contributed by atoms with Gasteiger partial charge in [-0.3, -0.25) is 0 Å². The van der Waals surface area contributed by atoms with Gasteiger partial charge >= 0.3 is 0 Å². The normalized spacial score (nSPS) is 10.9. The van der Waals surface area contributed by atoms with Crippen LogP contribution in [0.1, 0.15) is 23.7 Å². The maximum absolute atomic E-state index is 9.79. The predicted octanol–water partition coefficient (Wildman–Crippen LogP) is 4.40. The van der Waals surface area contributed by atoms with E-state index in [9.17, 15) is 10.5 Å². The van der Waals surface area contributed by atoms with Gasteiger partial charge in [-0.2, -0.15) is 15.6 Å². The van der Waals surface area contributed by atoms with Gasteiger partial charge in [0.25, 0.3) is 0 Å². The second-order valence-corrected chi connectivity index (χ2v) is 7.27. The van der Waals surface area contributed by atoms with Crippen LogP contribution in [-0.2, 0) is 0 Å². The fraction of sp³-hybridized carbons (Fsp3) is 0.136. The molecule has 2 aromatic carbocycles. The van der Waals surface area contributed by atoms with Crippen molar-refractivity contribution < 1.29 is 9.47 Å². The van der Waals surface area contributed by atoms with Crippen LogP contribution in [0.2, 0.25) is 0 Å². The van der Waals surface area contributed by atoms with Crippen molar-refractivity contribution in [2.45, 2.75) is 6.92 Å². The van der Waals surface area contributed by atoms with Gasteiger partial charge in [0.05, 0.1) is 28.5 Å². The Morgan fingerprint density at radius 2 is 2.00 bits per heavy atom. The molecule has 7 nitrogen and oxygen atoms in total. The molecule has 2 N–H and O–H groups in total. The third-order valence-corrected chi connectivity index (χ3v) is 5.06. The molecule has 0 amide bonds. The van der Waals surface area contributed by atoms with Gasteiger partial charge in [-0.05, 0) is 65.4 Å². The number of aromatic nitrogens is 2. The summed E-state index contributed by atoms with van der Waals surface area (Å²) in [6, 6.07) is 17.1. The van der Waals surface area contributed by atoms with Crippen molar-refractivity contribution >= 4 is 40.1 Å². The molecular formula is C22H18IN5O2. The van der Waals surface area contributed by atoms with E-state index in [1.807, 2.05) is 43.3 Å². The van der Waals surface area contributed by atoms with Crippen LogP contribution in [0.25, 0.3) is 17.3 Å². The number of rotatable bonds is 6. The fourth-order valence-electron chi connectivity index (χ4n) is 2.92. The molecule has 0 saturated heterocycles. The molecule has 0 atom stereocenters. The van der Waals surface area contributed by atoms with Crippen molar-refractivity contribution in [3.05, 3.63) is 62.9 Å². The quantitative estimate of drug-likeness (QED) is 0.388. The summed E-state index contributed by atoms with van der Waals surface area (Å²) >= 11 is 2.15. The second-order valence-electron chi connectivity index (χ2n) is 6.10. The molecule has 3 rings (SSSR count). The average molecular weight is 511 g/mol. The smallest absolute Gasteiger partial charge is 0.174 e. The highest BCUT2D eigenvalue weighted by Crippen LogP contribution is 2.35. The first-order valence-corrected chi connectivity index (χ1v) is 10.1. The van der Waals surface area contributed by atoms with Crippen molar-refractivity contribution in [3.63, 3.8) is 0 Å². The molecule has 0 bridgehead atoms. The molecule has 0 aliphatic rings. The highest BCUT2D eigenvalue weighted by Gasteiger charge is 2.20. The minimum atomic E-state index is 0.152. The summed E-state index contributed by atoms with van der Waals surface area (Å²) in [7, 11) is 1.56. The molecule has 0 unspecified atom stereocenters. The average Bonchev–Trinajstić information content (AvgIpc) is 3.10. The van der Waals surface area contributed by atoms with Crippen LogP contribution in [0.15, 0.2) is 42.5 Å². The first-order valence-electron chi connectivity index (χ1n) is 9.00. The van der Waals surface area contributed by atoms with Crippen LogP contribution in [0, 0.1) is 26.2 Å². The van der Waals surface area contributed by atoms with Gasteiger partial charge in [0.15, 0.2) is 11.5 Å². The Morgan fingerprint density at radius 3 is 2.60 bits per heavy atom. The summed E-state index contributed by atoms with van der Waals surface area (Å²) in [4.78, 5) is 0. The first kappa shape index (κ1) is 21.2. The van der Waals surface area contributed by atoms with Gasteiger partial charge in [0.2, 0.25) is 0 Å². The lowest BCUT2D eigenvalue weighted by Gasteiger charge is -2.12. The predicted molar refractivity (Wildman–Crippen MR) is 123 cm³/mol. The van der Waals surface area contributed by atoms with E-state index >= 15 is 0 Å². The molecule has 30 heavy (non-hydrogen) atoms. The van der Waals surface area contributed by atoms with E-state index in [2.05, 4.69) is 39.8 Å². The highest BCUT2D eigenvalue weighted by atomic mass is 127. The van der Waals surface area contributed by atoms with Gasteiger partial charge in [0, 0.05) is 0 Å². The van der Waals surface area contributed by atoms with Crippen LogP contribution in [0.3, 0.4) is 0 Å². The molecule has 150 valence electrons.